The van der Waals surface area contributed by atoms with Gasteiger partial charge in [-0.05, 0) is 31.0 Å². The molecule has 1 aromatic carbocycles. The average molecular weight is 324 g/mol. The molecule has 6 heteroatoms. The van der Waals surface area contributed by atoms with E-state index < -0.39 is 5.97 Å². The lowest BCUT2D eigenvalue weighted by atomic mass is 10.1. The molecule has 0 aliphatic carbocycles. The summed E-state index contributed by atoms with van der Waals surface area (Å²) in [4.78, 5) is 24.2. The number of halogens is 1. The molecular formula is C15H14ClNO3S. The number of hydrogen-bond acceptors (Lipinski definition) is 3. The molecule has 0 aliphatic rings. The molecule has 0 atom stereocenters. The number of aromatic carboxylic acids is 1. The fraction of sp³-hybridized carbons (Fsp3) is 0.200. The lowest BCUT2D eigenvalue weighted by Crippen LogP contribution is -2.15. The van der Waals surface area contributed by atoms with Gasteiger partial charge in [0.2, 0.25) is 5.91 Å². The molecule has 0 aliphatic heterocycles. The van der Waals surface area contributed by atoms with Crippen LogP contribution < -0.4 is 5.32 Å². The van der Waals surface area contributed by atoms with E-state index in [4.69, 9.17) is 11.6 Å². The van der Waals surface area contributed by atoms with Crippen LogP contribution in [0.5, 0.6) is 0 Å². The molecule has 1 aromatic heterocycles. The molecule has 2 rings (SSSR count). The molecule has 0 radical (unpaired) electrons. The largest absolute Gasteiger partial charge is 0.478 e. The van der Waals surface area contributed by atoms with Crippen molar-refractivity contribution in [2.45, 2.75) is 20.3 Å². The number of benzene rings is 1. The molecule has 1 heterocycles. The van der Waals surface area contributed by atoms with Crippen LogP contribution in [0.15, 0.2) is 24.3 Å². The van der Waals surface area contributed by atoms with Gasteiger partial charge in [0, 0.05) is 9.90 Å². The van der Waals surface area contributed by atoms with Gasteiger partial charge in [-0.25, -0.2) is 4.79 Å². The van der Waals surface area contributed by atoms with Crippen molar-refractivity contribution < 1.29 is 14.7 Å². The quantitative estimate of drug-likeness (QED) is 0.896. The van der Waals surface area contributed by atoms with Gasteiger partial charge in [0.1, 0.15) is 5.00 Å². The van der Waals surface area contributed by atoms with Gasteiger partial charge in [0.25, 0.3) is 0 Å². The van der Waals surface area contributed by atoms with Crippen LogP contribution in [0.1, 0.15) is 26.4 Å². The van der Waals surface area contributed by atoms with Crippen molar-refractivity contribution in [3.8, 4) is 0 Å². The third-order valence-electron chi connectivity index (χ3n) is 3.16. The van der Waals surface area contributed by atoms with Gasteiger partial charge in [0.15, 0.2) is 0 Å². The number of carboxylic acids is 1. The summed E-state index contributed by atoms with van der Waals surface area (Å²) in [5.74, 6) is -1.32. The van der Waals surface area contributed by atoms with Crippen LogP contribution in [-0.2, 0) is 11.2 Å². The Bertz CT molecular complexity index is 709. The fourth-order valence-corrected chi connectivity index (χ4v) is 3.23. The first-order chi connectivity index (χ1) is 9.90. The van der Waals surface area contributed by atoms with Gasteiger partial charge in [-0.2, -0.15) is 0 Å². The normalized spacial score (nSPS) is 10.4. The van der Waals surface area contributed by atoms with E-state index in [1.165, 1.54) is 11.3 Å². The lowest BCUT2D eigenvalue weighted by Gasteiger charge is -2.06. The minimum absolute atomic E-state index is 0.106. The van der Waals surface area contributed by atoms with Crippen LogP contribution in [0.25, 0.3) is 0 Å². The number of anilines is 1. The standard InChI is InChI=1S/C15H14ClNO3S/c1-8-9(2)21-14(13(8)15(19)20)17-12(18)7-10-5-3-4-6-11(10)16/h3-6H,7H2,1-2H3,(H,17,18)(H,19,20). The number of amides is 1. The number of carbonyl (C=O) groups excluding carboxylic acids is 1. The zero-order valence-electron chi connectivity index (χ0n) is 11.6. The van der Waals surface area contributed by atoms with Crippen LogP contribution in [0.3, 0.4) is 0 Å². The van der Waals surface area contributed by atoms with Crippen LogP contribution in [0.4, 0.5) is 5.00 Å². The Kier molecular flexibility index (Phi) is 4.65. The Hall–Kier alpha value is -1.85. The molecule has 0 spiro atoms. The molecular weight excluding hydrogens is 310 g/mol. The van der Waals surface area contributed by atoms with Crippen molar-refractivity contribution in [3.63, 3.8) is 0 Å². The van der Waals surface area contributed by atoms with Crippen LogP contribution >= 0.6 is 22.9 Å². The van der Waals surface area contributed by atoms with Crippen molar-refractivity contribution in [2.75, 3.05) is 5.32 Å². The maximum atomic E-state index is 12.1. The zero-order chi connectivity index (χ0) is 15.6. The minimum Gasteiger partial charge on any atom is -0.478 e. The molecule has 110 valence electrons. The number of carboxylic acid groups (broad SMARTS) is 1. The molecule has 0 unspecified atom stereocenters. The summed E-state index contributed by atoms with van der Waals surface area (Å²) < 4.78 is 0. The summed E-state index contributed by atoms with van der Waals surface area (Å²) >= 11 is 7.28. The van der Waals surface area contributed by atoms with Crippen LogP contribution in [0, 0.1) is 13.8 Å². The summed E-state index contributed by atoms with van der Waals surface area (Å²) in [6.07, 6.45) is 0.106. The number of thiophene rings is 1. The highest BCUT2D eigenvalue weighted by atomic mass is 35.5. The summed E-state index contributed by atoms with van der Waals surface area (Å²) in [5.41, 5.74) is 1.55. The molecule has 4 nitrogen and oxygen atoms in total. The lowest BCUT2D eigenvalue weighted by molar-refractivity contribution is -0.115. The van der Waals surface area contributed by atoms with E-state index >= 15 is 0 Å². The molecule has 1 amide bonds. The molecule has 0 saturated carbocycles. The summed E-state index contributed by atoms with van der Waals surface area (Å²) in [5, 5.41) is 12.8. The van der Waals surface area contributed by atoms with E-state index in [0.29, 0.717) is 21.2 Å². The van der Waals surface area contributed by atoms with Crippen molar-refractivity contribution in [1.82, 2.24) is 0 Å². The first kappa shape index (κ1) is 15.5. The molecule has 0 fully saturated rings. The van der Waals surface area contributed by atoms with Crippen molar-refractivity contribution >= 4 is 39.8 Å². The van der Waals surface area contributed by atoms with Gasteiger partial charge in [-0.3, -0.25) is 4.79 Å². The van der Waals surface area contributed by atoms with Crippen LogP contribution in [0.2, 0.25) is 5.02 Å². The van der Waals surface area contributed by atoms with E-state index in [0.717, 1.165) is 4.88 Å². The van der Waals surface area contributed by atoms with Gasteiger partial charge in [0.05, 0.1) is 12.0 Å². The fourth-order valence-electron chi connectivity index (χ4n) is 1.96. The first-order valence-electron chi connectivity index (χ1n) is 6.26. The highest BCUT2D eigenvalue weighted by molar-refractivity contribution is 7.16. The Morgan fingerprint density at radius 3 is 2.57 bits per heavy atom. The highest BCUT2D eigenvalue weighted by Crippen LogP contribution is 2.32. The second kappa shape index (κ2) is 6.28. The average Bonchev–Trinajstić information content (AvgIpc) is 2.67. The monoisotopic (exact) mass is 323 g/mol. The minimum atomic E-state index is -1.04. The SMILES string of the molecule is Cc1sc(NC(=O)Cc2ccccc2Cl)c(C(=O)O)c1C. The summed E-state index contributed by atoms with van der Waals surface area (Å²) in [6, 6.07) is 7.08. The third-order valence-corrected chi connectivity index (χ3v) is 4.65. The number of aryl methyl sites for hydroxylation is 1. The predicted octanol–water partition coefficient (Wildman–Crippen LogP) is 3.90. The third kappa shape index (κ3) is 3.43. The second-order valence-corrected chi connectivity index (χ2v) is 6.24. The van der Waals surface area contributed by atoms with Gasteiger partial charge >= 0.3 is 5.97 Å². The number of nitrogens with one attached hydrogen (secondary N) is 1. The van der Waals surface area contributed by atoms with Crippen molar-refractivity contribution in [3.05, 3.63) is 50.9 Å². The van der Waals surface area contributed by atoms with Gasteiger partial charge in [-0.15, -0.1) is 11.3 Å². The van der Waals surface area contributed by atoms with Gasteiger partial charge in [-0.1, -0.05) is 29.8 Å². The Balaban J connectivity index is 2.19. The van der Waals surface area contributed by atoms with Gasteiger partial charge < -0.3 is 10.4 Å². The first-order valence-corrected chi connectivity index (χ1v) is 7.46. The van der Waals surface area contributed by atoms with E-state index in [1.54, 1.807) is 31.2 Å². The maximum Gasteiger partial charge on any atom is 0.338 e. The summed E-state index contributed by atoms with van der Waals surface area (Å²) in [6.45, 7) is 3.56. The number of rotatable bonds is 4. The maximum absolute atomic E-state index is 12.1. The van der Waals surface area contributed by atoms with E-state index in [2.05, 4.69) is 5.32 Å². The molecule has 0 saturated heterocycles. The van der Waals surface area contributed by atoms with Crippen molar-refractivity contribution in [2.24, 2.45) is 0 Å². The molecule has 0 bridgehead atoms. The van der Waals surface area contributed by atoms with Crippen LogP contribution in [-0.4, -0.2) is 17.0 Å². The number of carbonyl (C=O) groups is 2. The van der Waals surface area contributed by atoms with E-state index in [9.17, 15) is 14.7 Å². The zero-order valence-corrected chi connectivity index (χ0v) is 13.1. The topological polar surface area (TPSA) is 66.4 Å². The molecule has 2 N–H and O–H groups in total. The summed E-state index contributed by atoms with van der Waals surface area (Å²) in [7, 11) is 0. The van der Waals surface area contributed by atoms with E-state index in [1.807, 2.05) is 6.92 Å². The smallest absolute Gasteiger partial charge is 0.338 e. The Labute approximate surface area is 131 Å². The highest BCUT2D eigenvalue weighted by Gasteiger charge is 2.20. The molecule has 2 aromatic rings. The van der Waals surface area contributed by atoms with E-state index in [-0.39, 0.29) is 17.9 Å². The van der Waals surface area contributed by atoms with Crippen molar-refractivity contribution in [1.29, 1.82) is 0 Å². The second-order valence-electron chi connectivity index (χ2n) is 4.61. The molecule has 21 heavy (non-hydrogen) atoms. The number of hydrogen-bond donors (Lipinski definition) is 2. The Morgan fingerprint density at radius 2 is 1.95 bits per heavy atom. The predicted molar refractivity (Wildman–Crippen MR) is 84.5 cm³/mol. The Morgan fingerprint density at radius 1 is 1.29 bits per heavy atom.